The first kappa shape index (κ1) is 15.1. The Morgan fingerprint density at radius 3 is 2.52 bits per heavy atom. The minimum Gasteiger partial charge on any atom is -0.373 e. The van der Waals surface area contributed by atoms with Crippen molar-refractivity contribution in [2.75, 3.05) is 24.2 Å². The fourth-order valence-electron chi connectivity index (χ4n) is 1.80. The average molecular weight is 299 g/mol. The number of alkyl halides is 3. The highest BCUT2D eigenvalue weighted by Crippen LogP contribution is 2.31. The lowest BCUT2D eigenvalue weighted by Gasteiger charge is -2.12. The summed E-state index contributed by atoms with van der Waals surface area (Å²) < 4.78 is 40.0. The van der Waals surface area contributed by atoms with Gasteiger partial charge in [-0.25, -0.2) is 4.98 Å². The SMILES string of the molecule is CNc1cc(C(F)(F)F)cc(NCCn2cc(C)cn2)n1. The number of hydrogen-bond donors (Lipinski definition) is 2. The predicted molar refractivity (Wildman–Crippen MR) is 74.2 cm³/mol. The van der Waals surface area contributed by atoms with Gasteiger partial charge in [0, 0.05) is 19.8 Å². The van der Waals surface area contributed by atoms with E-state index in [-0.39, 0.29) is 11.6 Å². The molecule has 2 aromatic heterocycles. The number of hydrogen-bond acceptors (Lipinski definition) is 4. The fraction of sp³-hybridized carbons (Fsp3) is 0.385. The third-order valence-corrected chi connectivity index (χ3v) is 2.82. The van der Waals surface area contributed by atoms with Crippen LogP contribution >= 0.6 is 0 Å². The number of aryl methyl sites for hydroxylation is 1. The van der Waals surface area contributed by atoms with Crippen LogP contribution in [0.2, 0.25) is 0 Å². The summed E-state index contributed by atoms with van der Waals surface area (Å²) in [6, 6.07) is 1.97. The molecule has 0 aliphatic rings. The number of nitrogens with zero attached hydrogens (tertiary/aromatic N) is 3. The molecule has 21 heavy (non-hydrogen) atoms. The summed E-state index contributed by atoms with van der Waals surface area (Å²) in [5.74, 6) is 0.348. The molecule has 0 atom stereocenters. The number of pyridine rings is 1. The predicted octanol–water partition coefficient (Wildman–Crippen LogP) is 2.76. The molecule has 0 radical (unpaired) electrons. The van der Waals surface area contributed by atoms with Gasteiger partial charge < -0.3 is 10.6 Å². The van der Waals surface area contributed by atoms with E-state index in [0.29, 0.717) is 13.1 Å². The molecular formula is C13H16F3N5. The van der Waals surface area contributed by atoms with Crippen molar-refractivity contribution in [2.45, 2.75) is 19.6 Å². The quantitative estimate of drug-likeness (QED) is 0.891. The van der Waals surface area contributed by atoms with Crippen LogP contribution in [0.15, 0.2) is 24.5 Å². The second-order valence-electron chi connectivity index (χ2n) is 4.58. The summed E-state index contributed by atoms with van der Waals surface area (Å²) in [6.45, 7) is 2.89. The number of aromatic nitrogens is 3. The van der Waals surface area contributed by atoms with Gasteiger partial charge in [-0.2, -0.15) is 18.3 Å². The second-order valence-corrected chi connectivity index (χ2v) is 4.58. The number of rotatable bonds is 5. The lowest BCUT2D eigenvalue weighted by atomic mass is 10.2. The Balaban J connectivity index is 2.05. The van der Waals surface area contributed by atoms with Crippen molar-refractivity contribution in [3.63, 3.8) is 0 Å². The van der Waals surface area contributed by atoms with Crippen molar-refractivity contribution in [2.24, 2.45) is 0 Å². The van der Waals surface area contributed by atoms with Crippen LogP contribution in [0.4, 0.5) is 24.8 Å². The third kappa shape index (κ3) is 4.11. The van der Waals surface area contributed by atoms with Crippen LogP contribution in [-0.4, -0.2) is 28.4 Å². The average Bonchev–Trinajstić information content (AvgIpc) is 2.83. The molecule has 0 saturated heterocycles. The molecule has 0 aromatic carbocycles. The maximum absolute atomic E-state index is 12.8. The molecular weight excluding hydrogens is 283 g/mol. The highest BCUT2D eigenvalue weighted by atomic mass is 19.4. The summed E-state index contributed by atoms with van der Waals surface area (Å²) in [7, 11) is 1.53. The summed E-state index contributed by atoms with van der Waals surface area (Å²) in [5.41, 5.74) is 0.295. The van der Waals surface area contributed by atoms with Crippen molar-refractivity contribution in [1.82, 2.24) is 14.8 Å². The molecule has 0 spiro atoms. The maximum atomic E-state index is 12.8. The van der Waals surface area contributed by atoms with E-state index in [1.54, 1.807) is 10.9 Å². The van der Waals surface area contributed by atoms with Crippen LogP contribution in [0, 0.1) is 6.92 Å². The van der Waals surface area contributed by atoms with E-state index in [4.69, 9.17) is 0 Å². The molecule has 0 amide bonds. The molecule has 0 saturated carbocycles. The van der Waals surface area contributed by atoms with E-state index in [1.807, 2.05) is 13.1 Å². The van der Waals surface area contributed by atoms with E-state index in [9.17, 15) is 13.2 Å². The normalized spacial score (nSPS) is 11.5. The van der Waals surface area contributed by atoms with Crippen molar-refractivity contribution < 1.29 is 13.2 Å². The van der Waals surface area contributed by atoms with Crippen molar-refractivity contribution in [1.29, 1.82) is 0 Å². The molecule has 2 heterocycles. The van der Waals surface area contributed by atoms with Gasteiger partial charge in [0.1, 0.15) is 11.6 Å². The minimum atomic E-state index is -4.40. The molecule has 0 bridgehead atoms. The van der Waals surface area contributed by atoms with Crippen molar-refractivity contribution in [3.8, 4) is 0 Å². The van der Waals surface area contributed by atoms with Crippen LogP contribution in [0.25, 0.3) is 0 Å². The second kappa shape index (κ2) is 6.02. The molecule has 114 valence electrons. The Morgan fingerprint density at radius 2 is 1.95 bits per heavy atom. The van der Waals surface area contributed by atoms with Gasteiger partial charge in [0.2, 0.25) is 0 Å². The zero-order chi connectivity index (χ0) is 15.5. The van der Waals surface area contributed by atoms with E-state index in [1.165, 1.54) is 7.05 Å². The molecule has 2 rings (SSSR count). The standard InChI is InChI=1S/C13H16F3N5/c1-9-7-19-21(8-9)4-3-18-12-6-10(13(14,15)16)5-11(17-2)20-12/h5-8H,3-4H2,1-2H3,(H2,17,18,20). The van der Waals surface area contributed by atoms with E-state index >= 15 is 0 Å². The zero-order valence-electron chi connectivity index (χ0n) is 11.7. The van der Waals surface area contributed by atoms with Crippen molar-refractivity contribution >= 4 is 11.6 Å². The fourth-order valence-corrected chi connectivity index (χ4v) is 1.80. The van der Waals surface area contributed by atoms with Crippen LogP contribution in [0.1, 0.15) is 11.1 Å². The molecule has 2 N–H and O–H groups in total. The van der Waals surface area contributed by atoms with Crippen LogP contribution < -0.4 is 10.6 Å². The van der Waals surface area contributed by atoms with Crippen LogP contribution in [0.3, 0.4) is 0 Å². The molecule has 0 aliphatic heterocycles. The first-order valence-electron chi connectivity index (χ1n) is 6.38. The molecule has 0 aliphatic carbocycles. The van der Waals surface area contributed by atoms with Gasteiger partial charge in [0.15, 0.2) is 0 Å². The van der Waals surface area contributed by atoms with E-state index in [0.717, 1.165) is 17.7 Å². The number of nitrogens with one attached hydrogen (secondary N) is 2. The van der Waals surface area contributed by atoms with Gasteiger partial charge in [-0.15, -0.1) is 0 Å². The summed E-state index contributed by atoms with van der Waals surface area (Å²) in [5, 5.41) is 9.60. The zero-order valence-corrected chi connectivity index (χ0v) is 11.7. The van der Waals surface area contributed by atoms with E-state index in [2.05, 4.69) is 20.7 Å². The van der Waals surface area contributed by atoms with Crippen molar-refractivity contribution in [3.05, 3.63) is 35.7 Å². The first-order valence-corrected chi connectivity index (χ1v) is 6.38. The van der Waals surface area contributed by atoms with Gasteiger partial charge in [0.25, 0.3) is 0 Å². The lowest BCUT2D eigenvalue weighted by molar-refractivity contribution is -0.137. The number of anilines is 2. The van der Waals surface area contributed by atoms with Gasteiger partial charge in [-0.3, -0.25) is 4.68 Å². The molecule has 2 aromatic rings. The largest absolute Gasteiger partial charge is 0.416 e. The Hall–Kier alpha value is -2.25. The summed E-state index contributed by atoms with van der Waals surface area (Å²) >= 11 is 0. The monoisotopic (exact) mass is 299 g/mol. The first-order chi connectivity index (χ1) is 9.88. The number of halogens is 3. The Morgan fingerprint density at radius 1 is 1.24 bits per heavy atom. The molecule has 8 heteroatoms. The summed E-state index contributed by atoms with van der Waals surface area (Å²) in [4.78, 5) is 4.05. The topological polar surface area (TPSA) is 54.8 Å². The third-order valence-electron chi connectivity index (χ3n) is 2.82. The minimum absolute atomic E-state index is 0.169. The molecule has 0 unspecified atom stereocenters. The van der Waals surface area contributed by atoms with E-state index < -0.39 is 11.7 Å². The lowest BCUT2D eigenvalue weighted by Crippen LogP contribution is -2.14. The van der Waals surface area contributed by atoms with Gasteiger partial charge in [0.05, 0.1) is 18.3 Å². The maximum Gasteiger partial charge on any atom is 0.416 e. The Kier molecular flexibility index (Phi) is 4.35. The smallest absolute Gasteiger partial charge is 0.373 e. The highest BCUT2D eigenvalue weighted by molar-refractivity contribution is 5.49. The highest BCUT2D eigenvalue weighted by Gasteiger charge is 2.31. The van der Waals surface area contributed by atoms with Gasteiger partial charge in [-0.05, 0) is 24.6 Å². The van der Waals surface area contributed by atoms with Crippen LogP contribution in [-0.2, 0) is 12.7 Å². The molecule has 5 nitrogen and oxygen atoms in total. The van der Waals surface area contributed by atoms with Gasteiger partial charge in [-0.1, -0.05) is 0 Å². The summed E-state index contributed by atoms with van der Waals surface area (Å²) in [6.07, 6.45) is -0.814. The Bertz CT molecular complexity index is 606. The molecule has 0 fully saturated rings. The van der Waals surface area contributed by atoms with Crippen LogP contribution in [0.5, 0.6) is 0 Å². The van der Waals surface area contributed by atoms with Gasteiger partial charge >= 0.3 is 6.18 Å². The Labute approximate surface area is 120 Å².